The Kier molecular flexibility index (Phi) is 2.60. The molecule has 0 aromatic carbocycles. The number of likely N-dealkylation sites (tertiary alicyclic amines) is 1. The van der Waals surface area contributed by atoms with Crippen LogP contribution < -0.4 is 10.6 Å². The van der Waals surface area contributed by atoms with Gasteiger partial charge >= 0.3 is 0 Å². The largest absolute Gasteiger partial charge is 0.360 e. The summed E-state index contributed by atoms with van der Waals surface area (Å²) in [6, 6.07) is -0.0313. The Morgan fingerprint density at radius 1 is 1.40 bits per heavy atom. The van der Waals surface area contributed by atoms with Gasteiger partial charge in [-0.05, 0) is 25.1 Å². The summed E-state index contributed by atoms with van der Waals surface area (Å²) in [5.74, 6) is -0.369. The molecule has 1 aliphatic heterocycles. The van der Waals surface area contributed by atoms with Gasteiger partial charge in [0, 0.05) is 13.1 Å². The van der Waals surface area contributed by atoms with Crippen LogP contribution in [0, 0.1) is 0 Å². The van der Waals surface area contributed by atoms with Crippen molar-refractivity contribution in [3.05, 3.63) is 0 Å². The number of imide groups is 1. The Balaban J connectivity index is 1.86. The number of hydrogen-bond acceptors (Lipinski definition) is 3. The lowest BCUT2D eigenvalue weighted by molar-refractivity contribution is -0.137. The number of hydrogen-bond donors (Lipinski definition) is 2. The number of likely N-dealkylation sites (N-methyl/N-ethyl adjacent to an activating group) is 1. The topological polar surface area (TPSA) is 61.4 Å². The lowest BCUT2D eigenvalue weighted by atomic mass is 10.2. The molecule has 1 heterocycles. The van der Waals surface area contributed by atoms with E-state index in [4.69, 9.17) is 12.2 Å². The first kappa shape index (κ1) is 10.4. The van der Waals surface area contributed by atoms with E-state index in [1.807, 2.05) is 0 Å². The summed E-state index contributed by atoms with van der Waals surface area (Å²) in [6.45, 7) is 0. The van der Waals surface area contributed by atoms with Gasteiger partial charge < -0.3 is 10.6 Å². The molecular weight excluding hydrogens is 214 g/mol. The normalized spacial score (nSPS) is 25.7. The molecule has 0 aromatic rings. The van der Waals surface area contributed by atoms with E-state index in [0.29, 0.717) is 11.2 Å². The second kappa shape index (κ2) is 3.77. The second-order valence-electron chi connectivity index (χ2n) is 3.94. The third-order valence-corrected chi connectivity index (χ3v) is 2.84. The monoisotopic (exact) mass is 227 g/mol. The molecule has 2 amide bonds. The third kappa shape index (κ3) is 2.26. The van der Waals surface area contributed by atoms with Crippen LogP contribution in [0.1, 0.15) is 19.3 Å². The molecule has 2 N–H and O–H groups in total. The van der Waals surface area contributed by atoms with Gasteiger partial charge in [-0.25, -0.2) is 0 Å². The fourth-order valence-electron chi connectivity index (χ4n) is 1.48. The van der Waals surface area contributed by atoms with Crippen LogP contribution in [0.15, 0.2) is 0 Å². The zero-order chi connectivity index (χ0) is 11.0. The van der Waals surface area contributed by atoms with Gasteiger partial charge in [-0.3, -0.25) is 14.5 Å². The number of nitrogens with one attached hydrogen (secondary N) is 2. The van der Waals surface area contributed by atoms with Crippen LogP contribution in [0.25, 0.3) is 0 Å². The van der Waals surface area contributed by atoms with Crippen LogP contribution in [0.3, 0.4) is 0 Å². The Hall–Kier alpha value is -1.17. The van der Waals surface area contributed by atoms with Gasteiger partial charge in [0.05, 0.1) is 6.42 Å². The molecule has 1 aliphatic carbocycles. The molecular formula is C9H13N3O2S. The Labute approximate surface area is 93.2 Å². The average molecular weight is 227 g/mol. The smallest absolute Gasteiger partial charge is 0.251 e. The molecule has 82 valence electrons. The fraction of sp³-hybridized carbons (Fsp3) is 0.667. The van der Waals surface area contributed by atoms with E-state index in [-0.39, 0.29) is 18.2 Å². The highest BCUT2D eigenvalue weighted by molar-refractivity contribution is 7.80. The Morgan fingerprint density at radius 2 is 2.07 bits per heavy atom. The molecule has 0 aromatic heterocycles. The molecule has 6 heteroatoms. The minimum Gasteiger partial charge on any atom is -0.360 e. The van der Waals surface area contributed by atoms with E-state index in [0.717, 1.165) is 17.7 Å². The van der Waals surface area contributed by atoms with E-state index in [9.17, 15) is 9.59 Å². The van der Waals surface area contributed by atoms with Crippen molar-refractivity contribution in [3.63, 3.8) is 0 Å². The van der Waals surface area contributed by atoms with Crippen molar-refractivity contribution in [3.8, 4) is 0 Å². The van der Waals surface area contributed by atoms with Gasteiger partial charge in [0.25, 0.3) is 5.91 Å². The van der Waals surface area contributed by atoms with Gasteiger partial charge in [0.15, 0.2) is 5.11 Å². The van der Waals surface area contributed by atoms with Crippen LogP contribution in [-0.2, 0) is 9.59 Å². The highest BCUT2D eigenvalue weighted by atomic mass is 32.1. The van der Waals surface area contributed by atoms with Crippen LogP contribution in [0.4, 0.5) is 0 Å². The van der Waals surface area contributed by atoms with Gasteiger partial charge in [-0.1, -0.05) is 0 Å². The molecule has 2 aliphatic rings. The lowest BCUT2D eigenvalue weighted by Gasteiger charge is -2.13. The minimum atomic E-state index is -0.485. The summed E-state index contributed by atoms with van der Waals surface area (Å²) in [4.78, 5) is 23.9. The standard InChI is InChI=1S/C9H13N3O2S/c1-12-7(13)4-6(8(12)14)11-9(15)10-5-2-3-5/h5-6H,2-4H2,1H3,(H2,10,11,15). The van der Waals surface area contributed by atoms with Gasteiger partial charge in [0.1, 0.15) is 6.04 Å². The molecule has 5 nitrogen and oxygen atoms in total. The van der Waals surface area contributed by atoms with Crippen LogP contribution in [0.2, 0.25) is 0 Å². The number of amides is 2. The van der Waals surface area contributed by atoms with Crippen molar-refractivity contribution in [1.82, 2.24) is 15.5 Å². The summed E-state index contributed by atoms with van der Waals surface area (Å²) in [7, 11) is 1.49. The molecule has 2 rings (SSSR count). The summed E-state index contributed by atoms with van der Waals surface area (Å²) in [5, 5.41) is 6.41. The lowest BCUT2D eigenvalue weighted by Crippen LogP contribution is -2.46. The average Bonchev–Trinajstić information content (AvgIpc) is 2.94. The number of carbonyl (C=O) groups excluding carboxylic acids is 2. The van der Waals surface area contributed by atoms with Crippen LogP contribution in [0.5, 0.6) is 0 Å². The molecule has 0 spiro atoms. The van der Waals surface area contributed by atoms with E-state index < -0.39 is 6.04 Å². The zero-order valence-electron chi connectivity index (χ0n) is 8.45. The van der Waals surface area contributed by atoms with Crippen LogP contribution in [-0.4, -0.2) is 41.0 Å². The number of nitrogens with zero attached hydrogens (tertiary/aromatic N) is 1. The molecule has 1 saturated carbocycles. The van der Waals surface area contributed by atoms with Gasteiger partial charge in [-0.2, -0.15) is 0 Å². The Morgan fingerprint density at radius 3 is 2.53 bits per heavy atom. The van der Waals surface area contributed by atoms with E-state index in [2.05, 4.69) is 10.6 Å². The van der Waals surface area contributed by atoms with Gasteiger partial charge in [0.2, 0.25) is 5.91 Å². The maximum Gasteiger partial charge on any atom is 0.251 e. The van der Waals surface area contributed by atoms with Crippen molar-refractivity contribution in [2.24, 2.45) is 0 Å². The highest BCUT2D eigenvalue weighted by Gasteiger charge is 2.36. The van der Waals surface area contributed by atoms with E-state index >= 15 is 0 Å². The number of carbonyl (C=O) groups is 2. The summed E-state index contributed by atoms with van der Waals surface area (Å²) < 4.78 is 0. The van der Waals surface area contributed by atoms with Crippen molar-refractivity contribution in [1.29, 1.82) is 0 Å². The van der Waals surface area contributed by atoms with Crippen molar-refractivity contribution >= 4 is 29.1 Å². The first-order chi connectivity index (χ1) is 7.08. The number of thiocarbonyl (C=S) groups is 1. The predicted molar refractivity (Wildman–Crippen MR) is 58.1 cm³/mol. The molecule has 0 radical (unpaired) electrons. The quantitative estimate of drug-likeness (QED) is 0.486. The van der Waals surface area contributed by atoms with Crippen molar-refractivity contribution in [2.75, 3.05) is 7.05 Å². The summed E-state index contributed by atoms with van der Waals surface area (Å²) >= 11 is 5.03. The molecule has 2 fully saturated rings. The van der Waals surface area contributed by atoms with E-state index in [1.165, 1.54) is 7.05 Å². The fourth-order valence-corrected chi connectivity index (χ4v) is 1.79. The molecule has 1 saturated heterocycles. The minimum absolute atomic E-state index is 0.160. The summed E-state index contributed by atoms with van der Waals surface area (Å²) in [5.41, 5.74) is 0. The number of rotatable bonds is 2. The third-order valence-electron chi connectivity index (χ3n) is 2.60. The van der Waals surface area contributed by atoms with Crippen molar-refractivity contribution in [2.45, 2.75) is 31.3 Å². The first-order valence-corrected chi connectivity index (χ1v) is 5.36. The van der Waals surface area contributed by atoms with E-state index in [1.54, 1.807) is 0 Å². The Bertz CT molecular complexity index is 327. The predicted octanol–water partition coefficient (Wildman–Crippen LogP) is -0.630. The van der Waals surface area contributed by atoms with Gasteiger partial charge in [-0.15, -0.1) is 0 Å². The highest BCUT2D eigenvalue weighted by Crippen LogP contribution is 2.18. The zero-order valence-corrected chi connectivity index (χ0v) is 9.26. The van der Waals surface area contributed by atoms with Crippen LogP contribution >= 0.6 is 12.2 Å². The SMILES string of the molecule is CN1C(=O)CC(NC(=S)NC2CC2)C1=O. The molecule has 1 unspecified atom stereocenters. The molecule has 15 heavy (non-hydrogen) atoms. The summed E-state index contributed by atoms with van der Waals surface area (Å²) in [6.07, 6.45) is 2.44. The maximum absolute atomic E-state index is 11.5. The maximum atomic E-state index is 11.5. The molecule has 0 bridgehead atoms. The van der Waals surface area contributed by atoms with Crippen molar-refractivity contribution < 1.29 is 9.59 Å². The molecule has 1 atom stereocenters. The second-order valence-corrected chi connectivity index (χ2v) is 4.35. The first-order valence-electron chi connectivity index (χ1n) is 4.95.